The van der Waals surface area contributed by atoms with Gasteiger partial charge in [0.05, 0.1) is 12.5 Å². The largest absolute Gasteiger partial charge is 0.496 e. The van der Waals surface area contributed by atoms with E-state index in [1.165, 1.54) is 16.7 Å². The van der Waals surface area contributed by atoms with Gasteiger partial charge in [-0.05, 0) is 67.5 Å². The van der Waals surface area contributed by atoms with Gasteiger partial charge in [-0.1, -0.05) is 30.3 Å². The molecule has 21 heavy (non-hydrogen) atoms. The fourth-order valence-electron chi connectivity index (χ4n) is 2.74. The van der Waals surface area contributed by atoms with Gasteiger partial charge in [0.15, 0.2) is 0 Å². The van der Waals surface area contributed by atoms with E-state index in [1.807, 2.05) is 0 Å². The quantitative estimate of drug-likeness (QED) is 0.682. The van der Waals surface area contributed by atoms with Gasteiger partial charge in [-0.3, -0.25) is 0 Å². The number of hydrogen-bond donors (Lipinski definition) is 0. The highest BCUT2D eigenvalue weighted by Crippen LogP contribution is 2.32. The maximum Gasteiger partial charge on any atom is 0.124 e. The standard InChI is InChI=1S/C19H23ClO/c1-12-6-7-16(8-13(12)2)11-18(20)17-9-14(3)19(21-5)15(4)10-17/h6-10,18H,11H2,1-5H3. The van der Waals surface area contributed by atoms with E-state index in [2.05, 4.69) is 58.0 Å². The van der Waals surface area contributed by atoms with Crippen LogP contribution in [0.4, 0.5) is 0 Å². The summed E-state index contributed by atoms with van der Waals surface area (Å²) in [6, 6.07) is 10.8. The van der Waals surface area contributed by atoms with Gasteiger partial charge in [0.25, 0.3) is 0 Å². The molecule has 112 valence electrons. The van der Waals surface area contributed by atoms with Crippen molar-refractivity contribution in [1.29, 1.82) is 0 Å². The van der Waals surface area contributed by atoms with E-state index < -0.39 is 0 Å². The molecule has 2 heteroatoms. The molecular formula is C19H23ClO. The maximum absolute atomic E-state index is 6.63. The molecule has 2 aromatic rings. The summed E-state index contributed by atoms with van der Waals surface area (Å²) in [7, 11) is 1.71. The molecule has 0 fully saturated rings. The Bertz CT molecular complexity index is 623. The monoisotopic (exact) mass is 302 g/mol. The van der Waals surface area contributed by atoms with Gasteiger partial charge in [-0.25, -0.2) is 0 Å². The zero-order chi connectivity index (χ0) is 15.6. The van der Waals surface area contributed by atoms with Gasteiger partial charge in [0.1, 0.15) is 5.75 Å². The summed E-state index contributed by atoms with van der Waals surface area (Å²) >= 11 is 6.63. The molecule has 0 N–H and O–H groups in total. The number of alkyl halides is 1. The minimum absolute atomic E-state index is 0.0181. The topological polar surface area (TPSA) is 9.23 Å². The highest BCUT2D eigenvalue weighted by atomic mass is 35.5. The van der Waals surface area contributed by atoms with Crippen LogP contribution in [0.25, 0.3) is 0 Å². The molecule has 0 aliphatic heterocycles. The highest BCUT2D eigenvalue weighted by molar-refractivity contribution is 6.21. The van der Waals surface area contributed by atoms with E-state index in [9.17, 15) is 0 Å². The fourth-order valence-corrected chi connectivity index (χ4v) is 3.05. The maximum atomic E-state index is 6.63. The van der Waals surface area contributed by atoms with Crippen LogP contribution in [-0.2, 0) is 6.42 Å². The first-order valence-corrected chi connectivity index (χ1v) is 7.71. The van der Waals surface area contributed by atoms with E-state index in [4.69, 9.17) is 16.3 Å². The van der Waals surface area contributed by atoms with Crippen LogP contribution in [0.2, 0.25) is 0 Å². The van der Waals surface area contributed by atoms with Crippen LogP contribution in [0.3, 0.4) is 0 Å². The van der Waals surface area contributed by atoms with Crippen LogP contribution in [-0.4, -0.2) is 7.11 Å². The van der Waals surface area contributed by atoms with Crippen molar-refractivity contribution in [3.8, 4) is 5.75 Å². The summed E-state index contributed by atoms with van der Waals surface area (Å²) in [6.45, 7) is 8.40. The van der Waals surface area contributed by atoms with Crippen LogP contribution < -0.4 is 4.74 Å². The summed E-state index contributed by atoms with van der Waals surface area (Å²) < 4.78 is 5.41. The van der Waals surface area contributed by atoms with Crippen molar-refractivity contribution in [3.63, 3.8) is 0 Å². The molecule has 0 heterocycles. The van der Waals surface area contributed by atoms with Crippen LogP contribution in [0.5, 0.6) is 5.75 Å². The van der Waals surface area contributed by atoms with E-state index in [0.717, 1.165) is 28.9 Å². The highest BCUT2D eigenvalue weighted by Gasteiger charge is 2.13. The number of ether oxygens (including phenoxy) is 1. The number of benzene rings is 2. The Morgan fingerprint density at radius 2 is 1.52 bits per heavy atom. The molecule has 0 spiro atoms. The summed E-state index contributed by atoms with van der Waals surface area (Å²) in [5, 5.41) is -0.0181. The molecule has 1 atom stereocenters. The second-order valence-corrected chi connectivity index (χ2v) is 6.31. The Morgan fingerprint density at radius 3 is 2.05 bits per heavy atom. The Kier molecular flexibility index (Phi) is 4.95. The first-order chi connectivity index (χ1) is 9.92. The second kappa shape index (κ2) is 6.53. The molecule has 0 aliphatic carbocycles. The first kappa shape index (κ1) is 15.9. The van der Waals surface area contributed by atoms with Crippen LogP contribution >= 0.6 is 11.6 Å². The lowest BCUT2D eigenvalue weighted by Crippen LogP contribution is -2.00. The minimum Gasteiger partial charge on any atom is -0.496 e. The summed E-state index contributed by atoms with van der Waals surface area (Å²) in [5.74, 6) is 0.953. The molecule has 0 aromatic heterocycles. The molecule has 0 radical (unpaired) electrons. The number of aryl methyl sites for hydroxylation is 4. The number of methoxy groups -OCH3 is 1. The van der Waals surface area contributed by atoms with Crippen molar-refractivity contribution < 1.29 is 4.74 Å². The summed E-state index contributed by atoms with van der Waals surface area (Å²) in [5.41, 5.74) is 7.35. The molecule has 0 aliphatic rings. The molecule has 0 amide bonds. The van der Waals surface area contributed by atoms with E-state index in [-0.39, 0.29) is 5.38 Å². The van der Waals surface area contributed by atoms with Gasteiger partial charge in [-0.15, -0.1) is 11.6 Å². The lowest BCUT2D eigenvalue weighted by molar-refractivity contribution is 0.408. The molecule has 1 nitrogen and oxygen atoms in total. The van der Waals surface area contributed by atoms with Crippen molar-refractivity contribution in [2.24, 2.45) is 0 Å². The Morgan fingerprint density at radius 1 is 0.905 bits per heavy atom. The van der Waals surface area contributed by atoms with Gasteiger partial charge in [-0.2, -0.15) is 0 Å². The third kappa shape index (κ3) is 3.59. The summed E-state index contributed by atoms with van der Waals surface area (Å²) in [6.07, 6.45) is 0.841. The molecule has 1 unspecified atom stereocenters. The predicted octanol–water partition coefficient (Wildman–Crippen LogP) is 5.45. The van der Waals surface area contributed by atoms with Crippen molar-refractivity contribution in [2.45, 2.75) is 39.5 Å². The van der Waals surface area contributed by atoms with Gasteiger partial charge in [0, 0.05) is 0 Å². The molecule has 2 aromatic carbocycles. The Balaban J connectivity index is 2.24. The van der Waals surface area contributed by atoms with Crippen molar-refractivity contribution in [2.75, 3.05) is 7.11 Å². The normalized spacial score (nSPS) is 12.3. The number of halogens is 1. The average Bonchev–Trinajstić information content (AvgIpc) is 2.42. The molecule has 0 saturated carbocycles. The molecule has 2 rings (SSSR count). The van der Waals surface area contributed by atoms with Crippen LogP contribution in [0.1, 0.15) is 38.8 Å². The Labute approximate surface area is 132 Å². The van der Waals surface area contributed by atoms with Crippen molar-refractivity contribution in [1.82, 2.24) is 0 Å². The minimum atomic E-state index is -0.0181. The van der Waals surface area contributed by atoms with Gasteiger partial charge in [0.2, 0.25) is 0 Å². The molecule has 0 saturated heterocycles. The Hall–Kier alpha value is -1.47. The third-order valence-electron chi connectivity index (χ3n) is 4.03. The molecular weight excluding hydrogens is 280 g/mol. The van der Waals surface area contributed by atoms with Crippen molar-refractivity contribution >= 4 is 11.6 Å². The smallest absolute Gasteiger partial charge is 0.124 e. The summed E-state index contributed by atoms with van der Waals surface area (Å²) in [4.78, 5) is 0. The van der Waals surface area contributed by atoms with Crippen LogP contribution in [0.15, 0.2) is 30.3 Å². The third-order valence-corrected chi connectivity index (χ3v) is 4.44. The van der Waals surface area contributed by atoms with E-state index >= 15 is 0 Å². The zero-order valence-electron chi connectivity index (χ0n) is 13.5. The second-order valence-electron chi connectivity index (χ2n) is 5.78. The number of hydrogen-bond acceptors (Lipinski definition) is 1. The number of rotatable bonds is 4. The van der Waals surface area contributed by atoms with Gasteiger partial charge < -0.3 is 4.74 Å². The van der Waals surface area contributed by atoms with Crippen molar-refractivity contribution in [3.05, 3.63) is 63.7 Å². The van der Waals surface area contributed by atoms with Gasteiger partial charge >= 0.3 is 0 Å². The lowest BCUT2D eigenvalue weighted by Gasteiger charge is -2.15. The lowest BCUT2D eigenvalue weighted by atomic mass is 9.97. The van der Waals surface area contributed by atoms with Crippen LogP contribution in [0, 0.1) is 27.7 Å². The van der Waals surface area contributed by atoms with E-state index in [0.29, 0.717) is 0 Å². The molecule has 0 bridgehead atoms. The average molecular weight is 303 g/mol. The van der Waals surface area contributed by atoms with E-state index in [1.54, 1.807) is 7.11 Å². The zero-order valence-corrected chi connectivity index (χ0v) is 14.2. The predicted molar refractivity (Wildman–Crippen MR) is 90.7 cm³/mol. The fraction of sp³-hybridized carbons (Fsp3) is 0.368. The first-order valence-electron chi connectivity index (χ1n) is 7.27. The SMILES string of the molecule is COc1c(C)cc(C(Cl)Cc2ccc(C)c(C)c2)cc1C.